The summed E-state index contributed by atoms with van der Waals surface area (Å²) < 4.78 is 5.85. The van der Waals surface area contributed by atoms with Gasteiger partial charge in [-0.15, -0.1) is 0 Å². The molecule has 1 aliphatic rings. The molecule has 0 saturated carbocycles. The number of para-hydroxylation sites is 1. The molecule has 0 aromatic heterocycles. The highest BCUT2D eigenvalue weighted by Gasteiger charge is 2.17. The zero-order valence-electron chi connectivity index (χ0n) is 12.6. The van der Waals surface area contributed by atoms with Crippen molar-refractivity contribution in [1.82, 2.24) is 4.90 Å². The molecule has 0 atom stereocenters. The lowest BCUT2D eigenvalue weighted by Crippen LogP contribution is -2.29. The topological polar surface area (TPSA) is 29.5 Å². The molecule has 0 aliphatic carbocycles. The van der Waals surface area contributed by atoms with Gasteiger partial charge in [0.05, 0.1) is 0 Å². The van der Waals surface area contributed by atoms with Gasteiger partial charge in [0.1, 0.15) is 11.5 Å². The van der Waals surface area contributed by atoms with Crippen LogP contribution in [0.5, 0.6) is 11.5 Å². The number of carbonyl (C=O) groups excluding carboxylic acids is 1. The van der Waals surface area contributed by atoms with Crippen LogP contribution < -0.4 is 4.74 Å². The van der Waals surface area contributed by atoms with Crippen LogP contribution in [-0.4, -0.2) is 17.4 Å². The lowest BCUT2D eigenvalue weighted by Gasteiger charge is -2.20. The maximum absolute atomic E-state index is 12.0. The molecule has 1 radical (unpaired) electrons. The Hall–Kier alpha value is -2.29. The van der Waals surface area contributed by atoms with Gasteiger partial charge >= 0.3 is 0 Å². The molecule has 1 heterocycles. The van der Waals surface area contributed by atoms with Crippen LogP contribution in [0.25, 0.3) is 0 Å². The number of amides is 1. The predicted molar refractivity (Wildman–Crippen MR) is 86.5 cm³/mol. The Bertz CT molecular complexity index is 624. The van der Waals surface area contributed by atoms with Crippen molar-refractivity contribution in [3.8, 4) is 11.5 Å². The average Bonchev–Trinajstić information content (AvgIpc) is 2.74. The van der Waals surface area contributed by atoms with Crippen molar-refractivity contribution in [2.45, 2.75) is 25.8 Å². The van der Waals surface area contributed by atoms with Gasteiger partial charge in [-0.2, -0.15) is 0 Å². The number of hydrogen-bond acceptors (Lipinski definition) is 2. The highest BCUT2D eigenvalue weighted by molar-refractivity contribution is 5.84. The number of hydrogen-bond donors (Lipinski definition) is 0. The lowest BCUT2D eigenvalue weighted by atomic mass is 10.2. The molecular weight excluding hydrogens is 274 g/mol. The second-order valence-corrected chi connectivity index (χ2v) is 5.52. The van der Waals surface area contributed by atoms with Gasteiger partial charge in [0.15, 0.2) is 0 Å². The molecule has 1 aliphatic heterocycles. The lowest BCUT2D eigenvalue weighted by molar-refractivity contribution is -0.127. The highest BCUT2D eigenvalue weighted by atomic mass is 16.5. The van der Waals surface area contributed by atoms with Crippen LogP contribution in [0.1, 0.15) is 24.8 Å². The minimum absolute atomic E-state index is 0.145. The molecule has 1 amide bonds. The van der Waals surface area contributed by atoms with Gasteiger partial charge in [-0.25, -0.2) is 0 Å². The molecule has 1 fully saturated rings. The molecular formula is C19H20NO2. The van der Waals surface area contributed by atoms with Crippen LogP contribution in [0.4, 0.5) is 0 Å². The Morgan fingerprint density at radius 3 is 2.64 bits per heavy atom. The number of rotatable bonds is 4. The van der Waals surface area contributed by atoms with Gasteiger partial charge in [0, 0.05) is 19.5 Å². The molecule has 0 N–H and O–H groups in total. The Balaban J connectivity index is 1.69. The molecule has 1 saturated heterocycles. The van der Waals surface area contributed by atoms with Crippen molar-refractivity contribution in [3.05, 3.63) is 66.6 Å². The summed E-state index contributed by atoms with van der Waals surface area (Å²) in [5, 5.41) is 0. The Morgan fingerprint density at radius 2 is 1.77 bits per heavy atom. The van der Waals surface area contributed by atoms with E-state index in [1.54, 1.807) is 6.42 Å². The number of ether oxygens (including phenoxy) is 1. The fourth-order valence-corrected chi connectivity index (χ4v) is 2.62. The molecule has 3 rings (SSSR count). The fourth-order valence-electron chi connectivity index (χ4n) is 2.62. The molecule has 0 unspecified atom stereocenters. The van der Waals surface area contributed by atoms with E-state index in [0.29, 0.717) is 6.54 Å². The number of likely N-dealkylation sites (tertiary alicyclic amines) is 1. The highest BCUT2D eigenvalue weighted by Crippen LogP contribution is 2.23. The molecule has 2 aromatic rings. The average molecular weight is 294 g/mol. The minimum Gasteiger partial charge on any atom is -0.457 e. The van der Waals surface area contributed by atoms with Gasteiger partial charge in [-0.1, -0.05) is 36.8 Å². The smallest absolute Gasteiger partial charge is 0.226 e. The van der Waals surface area contributed by atoms with Crippen LogP contribution in [0.3, 0.4) is 0 Å². The van der Waals surface area contributed by atoms with E-state index < -0.39 is 0 Å². The Morgan fingerprint density at radius 1 is 0.955 bits per heavy atom. The van der Waals surface area contributed by atoms with E-state index in [4.69, 9.17) is 4.74 Å². The number of benzene rings is 2. The first-order valence-electron chi connectivity index (χ1n) is 7.75. The molecule has 0 spiro atoms. The zero-order valence-corrected chi connectivity index (χ0v) is 12.6. The Kier molecular flexibility index (Phi) is 4.74. The van der Waals surface area contributed by atoms with Crippen LogP contribution in [0, 0.1) is 6.42 Å². The summed E-state index contributed by atoms with van der Waals surface area (Å²) in [6.07, 6.45) is 4.87. The van der Waals surface area contributed by atoms with Gasteiger partial charge in [0.25, 0.3) is 0 Å². The van der Waals surface area contributed by atoms with E-state index in [1.165, 1.54) is 0 Å². The zero-order chi connectivity index (χ0) is 15.2. The largest absolute Gasteiger partial charge is 0.457 e. The van der Waals surface area contributed by atoms with Crippen molar-refractivity contribution in [2.75, 3.05) is 6.54 Å². The summed E-state index contributed by atoms with van der Waals surface area (Å²) in [4.78, 5) is 13.9. The van der Waals surface area contributed by atoms with Gasteiger partial charge < -0.3 is 9.64 Å². The van der Waals surface area contributed by atoms with E-state index >= 15 is 0 Å². The van der Waals surface area contributed by atoms with Crippen LogP contribution >= 0.6 is 0 Å². The number of nitrogens with zero attached hydrogens (tertiary/aromatic N) is 1. The van der Waals surface area contributed by atoms with Gasteiger partial charge in [0.2, 0.25) is 5.91 Å². The number of carbonyl (C=O) groups is 1. The first-order chi connectivity index (χ1) is 10.8. The third-order valence-corrected chi connectivity index (χ3v) is 3.76. The maximum atomic E-state index is 12.0. The molecule has 113 valence electrons. The first-order valence-corrected chi connectivity index (χ1v) is 7.75. The van der Waals surface area contributed by atoms with Crippen molar-refractivity contribution >= 4 is 5.91 Å². The second kappa shape index (κ2) is 7.12. The van der Waals surface area contributed by atoms with Crippen molar-refractivity contribution in [1.29, 1.82) is 0 Å². The van der Waals surface area contributed by atoms with Crippen molar-refractivity contribution in [3.63, 3.8) is 0 Å². The van der Waals surface area contributed by atoms with Gasteiger partial charge in [-0.05, 0) is 42.7 Å². The minimum atomic E-state index is 0.145. The second-order valence-electron chi connectivity index (χ2n) is 5.52. The third kappa shape index (κ3) is 3.88. The molecule has 3 heteroatoms. The standard InChI is InChI=1S/C19H20NO2/c21-19-12-5-2-6-13-20(19)15-16-8-7-11-18(14-16)22-17-9-3-1-4-10-17/h1,3-4,7-12,14H,2,5-6,13,15H2. The normalized spacial score (nSPS) is 15.5. The summed E-state index contributed by atoms with van der Waals surface area (Å²) in [5.41, 5.74) is 1.09. The van der Waals surface area contributed by atoms with Crippen molar-refractivity contribution in [2.24, 2.45) is 0 Å². The summed E-state index contributed by atoms with van der Waals surface area (Å²) in [5.74, 6) is 1.76. The van der Waals surface area contributed by atoms with Crippen LogP contribution in [0.15, 0.2) is 54.6 Å². The maximum Gasteiger partial charge on any atom is 0.226 e. The molecule has 0 bridgehead atoms. The van der Waals surface area contributed by atoms with E-state index in [9.17, 15) is 4.79 Å². The monoisotopic (exact) mass is 294 g/mol. The van der Waals surface area contributed by atoms with E-state index in [-0.39, 0.29) is 5.91 Å². The quantitative estimate of drug-likeness (QED) is 0.846. The van der Waals surface area contributed by atoms with Gasteiger partial charge in [-0.3, -0.25) is 4.79 Å². The SMILES string of the molecule is O=C1[CH]CCCCN1Cc1cccc(Oc2ccccc2)c1. The van der Waals surface area contributed by atoms with Crippen LogP contribution in [-0.2, 0) is 11.3 Å². The summed E-state index contributed by atoms with van der Waals surface area (Å²) in [6.45, 7) is 1.47. The molecule has 2 aromatic carbocycles. The van der Waals surface area contributed by atoms with E-state index in [0.717, 1.165) is 42.9 Å². The van der Waals surface area contributed by atoms with E-state index in [2.05, 4.69) is 0 Å². The fraction of sp³-hybridized carbons (Fsp3) is 0.263. The van der Waals surface area contributed by atoms with Crippen LogP contribution in [0.2, 0.25) is 0 Å². The molecule has 3 nitrogen and oxygen atoms in total. The summed E-state index contributed by atoms with van der Waals surface area (Å²) in [6, 6.07) is 17.7. The predicted octanol–water partition coefficient (Wildman–Crippen LogP) is 4.20. The van der Waals surface area contributed by atoms with Crippen molar-refractivity contribution < 1.29 is 9.53 Å². The molecule has 22 heavy (non-hydrogen) atoms. The first kappa shape index (κ1) is 14.6. The third-order valence-electron chi connectivity index (χ3n) is 3.76. The Labute approximate surface area is 131 Å². The summed E-state index contributed by atoms with van der Waals surface area (Å²) >= 11 is 0. The summed E-state index contributed by atoms with van der Waals surface area (Å²) in [7, 11) is 0. The van der Waals surface area contributed by atoms with E-state index in [1.807, 2.05) is 59.5 Å².